The summed E-state index contributed by atoms with van der Waals surface area (Å²) in [5.74, 6) is -1.14. The maximum atomic E-state index is 12.3. The largest absolute Gasteiger partial charge is 0.478 e. The molecule has 2 N–H and O–H groups in total. The van der Waals surface area contributed by atoms with E-state index in [9.17, 15) is 9.59 Å². The Morgan fingerprint density at radius 3 is 2.50 bits per heavy atom. The molecule has 5 heteroatoms. The van der Waals surface area contributed by atoms with Gasteiger partial charge in [-0.1, -0.05) is 31.2 Å². The molecule has 0 bridgehead atoms. The van der Waals surface area contributed by atoms with E-state index in [4.69, 9.17) is 5.11 Å². The monoisotopic (exact) mass is 315 g/mol. The SMILES string of the molecule is CCC(Sc1ccccc1)C(=O)Nc1cccc(C(=O)O)c1. The quantitative estimate of drug-likeness (QED) is 0.794. The Morgan fingerprint density at radius 2 is 1.86 bits per heavy atom. The van der Waals surface area contributed by atoms with Crippen molar-refractivity contribution in [2.24, 2.45) is 0 Å². The van der Waals surface area contributed by atoms with Crippen LogP contribution in [0.1, 0.15) is 23.7 Å². The molecule has 1 atom stereocenters. The molecule has 0 radical (unpaired) electrons. The summed E-state index contributed by atoms with van der Waals surface area (Å²) < 4.78 is 0. The maximum Gasteiger partial charge on any atom is 0.335 e. The molecule has 114 valence electrons. The first-order valence-electron chi connectivity index (χ1n) is 6.96. The molecule has 4 nitrogen and oxygen atoms in total. The van der Waals surface area contributed by atoms with Gasteiger partial charge in [-0.05, 0) is 36.8 Å². The smallest absolute Gasteiger partial charge is 0.335 e. The molecule has 1 unspecified atom stereocenters. The molecule has 0 spiro atoms. The number of aromatic carboxylic acids is 1. The molecule has 2 aromatic carbocycles. The van der Waals surface area contributed by atoms with Crippen LogP contribution >= 0.6 is 11.8 Å². The summed E-state index contributed by atoms with van der Waals surface area (Å²) in [6, 6.07) is 16.0. The van der Waals surface area contributed by atoms with E-state index in [0.29, 0.717) is 12.1 Å². The van der Waals surface area contributed by atoms with E-state index in [0.717, 1.165) is 4.90 Å². The second-order valence-corrected chi connectivity index (χ2v) is 5.98. The van der Waals surface area contributed by atoms with Crippen LogP contribution in [-0.4, -0.2) is 22.2 Å². The Kier molecular flexibility index (Phi) is 5.61. The fraction of sp³-hybridized carbons (Fsp3) is 0.176. The number of benzene rings is 2. The van der Waals surface area contributed by atoms with Crippen molar-refractivity contribution in [2.75, 3.05) is 5.32 Å². The first-order valence-corrected chi connectivity index (χ1v) is 7.84. The van der Waals surface area contributed by atoms with Gasteiger partial charge in [-0.25, -0.2) is 4.79 Å². The Morgan fingerprint density at radius 1 is 1.14 bits per heavy atom. The highest BCUT2D eigenvalue weighted by Gasteiger charge is 2.18. The van der Waals surface area contributed by atoms with Crippen molar-refractivity contribution in [1.82, 2.24) is 0 Å². The van der Waals surface area contributed by atoms with Gasteiger partial charge in [0.25, 0.3) is 0 Å². The molecule has 0 heterocycles. The molecule has 0 saturated heterocycles. The Bertz CT molecular complexity index is 658. The van der Waals surface area contributed by atoms with Gasteiger partial charge in [0.05, 0.1) is 10.8 Å². The van der Waals surface area contributed by atoms with Crippen molar-refractivity contribution in [3.63, 3.8) is 0 Å². The fourth-order valence-corrected chi connectivity index (χ4v) is 2.91. The molecule has 0 saturated carbocycles. The van der Waals surface area contributed by atoms with Crippen LogP contribution in [0.25, 0.3) is 0 Å². The summed E-state index contributed by atoms with van der Waals surface area (Å²) in [6.07, 6.45) is 0.685. The number of anilines is 1. The van der Waals surface area contributed by atoms with Crippen LogP contribution in [-0.2, 0) is 4.79 Å². The van der Waals surface area contributed by atoms with Gasteiger partial charge in [-0.3, -0.25) is 4.79 Å². The highest BCUT2D eigenvalue weighted by Crippen LogP contribution is 2.26. The summed E-state index contributed by atoms with van der Waals surface area (Å²) >= 11 is 1.50. The third kappa shape index (κ3) is 4.36. The zero-order valence-electron chi connectivity index (χ0n) is 12.2. The third-order valence-corrected chi connectivity index (χ3v) is 4.44. The van der Waals surface area contributed by atoms with E-state index in [2.05, 4.69) is 5.32 Å². The highest BCUT2D eigenvalue weighted by atomic mass is 32.2. The average molecular weight is 315 g/mol. The van der Waals surface area contributed by atoms with E-state index in [-0.39, 0.29) is 16.7 Å². The van der Waals surface area contributed by atoms with E-state index in [1.165, 1.54) is 23.9 Å². The lowest BCUT2D eigenvalue weighted by molar-refractivity contribution is -0.115. The van der Waals surface area contributed by atoms with Crippen molar-refractivity contribution in [3.8, 4) is 0 Å². The van der Waals surface area contributed by atoms with Crippen LogP contribution in [0.2, 0.25) is 0 Å². The summed E-state index contributed by atoms with van der Waals surface area (Å²) in [7, 11) is 0. The van der Waals surface area contributed by atoms with E-state index >= 15 is 0 Å². The summed E-state index contributed by atoms with van der Waals surface area (Å²) in [5.41, 5.74) is 0.651. The molecule has 2 aromatic rings. The van der Waals surface area contributed by atoms with Crippen LogP contribution in [0.5, 0.6) is 0 Å². The fourth-order valence-electron chi connectivity index (χ4n) is 1.94. The predicted molar refractivity (Wildman–Crippen MR) is 88.4 cm³/mol. The Hall–Kier alpha value is -2.27. The zero-order chi connectivity index (χ0) is 15.9. The van der Waals surface area contributed by atoms with Gasteiger partial charge in [-0.2, -0.15) is 0 Å². The minimum absolute atomic E-state index is 0.126. The van der Waals surface area contributed by atoms with Gasteiger partial charge >= 0.3 is 5.97 Å². The second kappa shape index (κ2) is 7.66. The summed E-state index contributed by atoms with van der Waals surface area (Å²) in [4.78, 5) is 24.3. The molecule has 0 aliphatic heterocycles. The van der Waals surface area contributed by atoms with Crippen LogP contribution in [0, 0.1) is 0 Å². The second-order valence-electron chi connectivity index (χ2n) is 4.70. The number of rotatable bonds is 6. The topological polar surface area (TPSA) is 66.4 Å². The van der Waals surface area contributed by atoms with Crippen molar-refractivity contribution in [1.29, 1.82) is 0 Å². The standard InChI is InChI=1S/C17H17NO3S/c1-2-15(22-14-9-4-3-5-10-14)16(19)18-13-8-6-7-12(11-13)17(20)21/h3-11,15H,2H2,1H3,(H,18,19)(H,20,21). The highest BCUT2D eigenvalue weighted by molar-refractivity contribution is 8.00. The number of carboxylic acid groups (broad SMARTS) is 1. The molecule has 0 aliphatic rings. The average Bonchev–Trinajstić information content (AvgIpc) is 2.53. The Labute approximate surface area is 133 Å². The number of nitrogens with one attached hydrogen (secondary N) is 1. The molecule has 2 rings (SSSR count). The predicted octanol–water partition coefficient (Wildman–Crippen LogP) is 3.89. The van der Waals surface area contributed by atoms with Gasteiger partial charge < -0.3 is 10.4 Å². The van der Waals surface area contributed by atoms with Gasteiger partial charge in [0.15, 0.2) is 0 Å². The van der Waals surface area contributed by atoms with E-state index in [1.807, 2.05) is 37.3 Å². The molecule has 0 fully saturated rings. The van der Waals surface area contributed by atoms with Crippen LogP contribution < -0.4 is 5.32 Å². The zero-order valence-corrected chi connectivity index (χ0v) is 13.0. The number of hydrogen-bond donors (Lipinski definition) is 2. The number of hydrogen-bond acceptors (Lipinski definition) is 3. The lowest BCUT2D eigenvalue weighted by Crippen LogP contribution is -2.24. The summed E-state index contributed by atoms with van der Waals surface area (Å²) in [5, 5.41) is 11.5. The normalized spacial score (nSPS) is 11.7. The van der Waals surface area contributed by atoms with Crippen molar-refractivity contribution in [2.45, 2.75) is 23.5 Å². The molecular weight excluding hydrogens is 298 g/mol. The van der Waals surface area contributed by atoms with Crippen LogP contribution in [0.4, 0.5) is 5.69 Å². The lowest BCUT2D eigenvalue weighted by Gasteiger charge is -2.15. The van der Waals surface area contributed by atoms with E-state index in [1.54, 1.807) is 12.1 Å². The first kappa shape index (κ1) is 16.1. The minimum Gasteiger partial charge on any atom is -0.478 e. The van der Waals surface area contributed by atoms with Gasteiger partial charge in [0.1, 0.15) is 0 Å². The van der Waals surface area contributed by atoms with Crippen LogP contribution in [0.3, 0.4) is 0 Å². The van der Waals surface area contributed by atoms with Gasteiger partial charge in [0, 0.05) is 10.6 Å². The number of amides is 1. The molecule has 22 heavy (non-hydrogen) atoms. The lowest BCUT2D eigenvalue weighted by atomic mass is 10.2. The number of carboxylic acids is 1. The number of thioether (sulfide) groups is 1. The van der Waals surface area contributed by atoms with Crippen molar-refractivity contribution in [3.05, 3.63) is 60.2 Å². The third-order valence-electron chi connectivity index (χ3n) is 3.06. The number of carbonyl (C=O) groups is 2. The maximum absolute atomic E-state index is 12.3. The minimum atomic E-state index is -1.01. The first-order chi connectivity index (χ1) is 10.6. The van der Waals surface area contributed by atoms with Crippen LogP contribution in [0.15, 0.2) is 59.5 Å². The number of carbonyl (C=O) groups excluding carboxylic acids is 1. The van der Waals surface area contributed by atoms with Gasteiger partial charge in [0.2, 0.25) is 5.91 Å². The van der Waals surface area contributed by atoms with Crippen molar-refractivity contribution < 1.29 is 14.7 Å². The van der Waals surface area contributed by atoms with E-state index < -0.39 is 5.97 Å². The molecule has 0 aliphatic carbocycles. The van der Waals surface area contributed by atoms with Gasteiger partial charge in [-0.15, -0.1) is 11.8 Å². The molecule has 1 amide bonds. The molecular formula is C17H17NO3S. The Balaban J connectivity index is 2.06. The summed E-state index contributed by atoms with van der Waals surface area (Å²) in [6.45, 7) is 1.95. The molecule has 0 aromatic heterocycles. The van der Waals surface area contributed by atoms with Crippen molar-refractivity contribution >= 4 is 29.3 Å².